The molecule has 2 rings (SSSR count). The SMILES string of the molecule is CNc1nccc(Nc2ccc(F)c(C)c2)n1. The van der Waals surface area contributed by atoms with E-state index in [-0.39, 0.29) is 5.82 Å². The van der Waals surface area contributed by atoms with Gasteiger partial charge in [0.2, 0.25) is 5.95 Å². The molecule has 88 valence electrons. The van der Waals surface area contributed by atoms with Gasteiger partial charge in [-0.15, -0.1) is 0 Å². The van der Waals surface area contributed by atoms with Crippen molar-refractivity contribution in [1.82, 2.24) is 9.97 Å². The van der Waals surface area contributed by atoms with Gasteiger partial charge in [0.15, 0.2) is 0 Å². The van der Waals surface area contributed by atoms with Crippen LogP contribution in [0.1, 0.15) is 5.56 Å². The zero-order valence-corrected chi connectivity index (χ0v) is 9.66. The van der Waals surface area contributed by atoms with E-state index in [2.05, 4.69) is 20.6 Å². The maximum absolute atomic E-state index is 13.1. The molecule has 4 nitrogen and oxygen atoms in total. The number of aromatic nitrogens is 2. The first-order valence-electron chi connectivity index (χ1n) is 5.23. The third kappa shape index (κ3) is 2.69. The fourth-order valence-electron chi connectivity index (χ4n) is 1.42. The van der Waals surface area contributed by atoms with Crippen molar-refractivity contribution >= 4 is 17.5 Å². The average molecular weight is 232 g/mol. The van der Waals surface area contributed by atoms with Crippen molar-refractivity contribution in [3.05, 3.63) is 41.8 Å². The number of benzene rings is 1. The number of rotatable bonds is 3. The molecule has 2 aromatic rings. The van der Waals surface area contributed by atoms with Crippen LogP contribution in [0.25, 0.3) is 0 Å². The van der Waals surface area contributed by atoms with Crippen molar-refractivity contribution < 1.29 is 4.39 Å². The normalized spacial score (nSPS) is 10.1. The number of nitrogens with zero attached hydrogens (tertiary/aromatic N) is 2. The van der Waals surface area contributed by atoms with Gasteiger partial charge in [-0.25, -0.2) is 9.37 Å². The molecule has 1 aromatic carbocycles. The Labute approximate surface area is 98.9 Å². The molecule has 0 aliphatic heterocycles. The summed E-state index contributed by atoms with van der Waals surface area (Å²) in [5.41, 5.74) is 1.39. The molecule has 1 heterocycles. The van der Waals surface area contributed by atoms with Crippen molar-refractivity contribution in [2.24, 2.45) is 0 Å². The topological polar surface area (TPSA) is 49.8 Å². The van der Waals surface area contributed by atoms with Crippen molar-refractivity contribution in [2.45, 2.75) is 6.92 Å². The fourth-order valence-corrected chi connectivity index (χ4v) is 1.42. The summed E-state index contributed by atoms with van der Waals surface area (Å²) in [6.45, 7) is 1.72. The van der Waals surface area contributed by atoms with Gasteiger partial charge < -0.3 is 10.6 Å². The van der Waals surface area contributed by atoms with E-state index < -0.39 is 0 Å². The molecule has 0 atom stereocenters. The van der Waals surface area contributed by atoms with E-state index in [1.165, 1.54) is 6.07 Å². The summed E-state index contributed by atoms with van der Waals surface area (Å²) in [7, 11) is 1.75. The van der Waals surface area contributed by atoms with Crippen molar-refractivity contribution in [3.8, 4) is 0 Å². The molecule has 1 aromatic heterocycles. The van der Waals surface area contributed by atoms with E-state index in [1.54, 1.807) is 38.4 Å². The second-order valence-electron chi connectivity index (χ2n) is 3.60. The molecule has 0 saturated heterocycles. The quantitative estimate of drug-likeness (QED) is 0.854. The first-order chi connectivity index (χ1) is 8.19. The van der Waals surface area contributed by atoms with Gasteiger partial charge in [-0.2, -0.15) is 4.98 Å². The summed E-state index contributed by atoms with van der Waals surface area (Å²) in [6.07, 6.45) is 1.65. The van der Waals surface area contributed by atoms with E-state index in [1.807, 2.05) is 0 Å². The Balaban J connectivity index is 2.22. The summed E-state index contributed by atoms with van der Waals surface area (Å²) in [4.78, 5) is 8.22. The van der Waals surface area contributed by atoms with Gasteiger partial charge in [0.25, 0.3) is 0 Å². The van der Waals surface area contributed by atoms with Crippen molar-refractivity contribution in [2.75, 3.05) is 17.7 Å². The van der Waals surface area contributed by atoms with Crippen molar-refractivity contribution in [3.63, 3.8) is 0 Å². The lowest BCUT2D eigenvalue weighted by atomic mass is 10.2. The summed E-state index contributed by atoms with van der Waals surface area (Å²) in [5.74, 6) is 0.985. The van der Waals surface area contributed by atoms with E-state index >= 15 is 0 Å². The van der Waals surface area contributed by atoms with Crippen LogP contribution in [0, 0.1) is 12.7 Å². The molecule has 0 spiro atoms. The molecule has 0 fully saturated rings. The second-order valence-corrected chi connectivity index (χ2v) is 3.60. The lowest BCUT2D eigenvalue weighted by molar-refractivity contribution is 0.619. The predicted molar refractivity (Wildman–Crippen MR) is 66.0 cm³/mol. The van der Waals surface area contributed by atoms with E-state index in [9.17, 15) is 4.39 Å². The third-order valence-corrected chi connectivity index (χ3v) is 2.31. The molecule has 0 aliphatic carbocycles. The molecule has 2 N–H and O–H groups in total. The Bertz CT molecular complexity index is 528. The Morgan fingerprint density at radius 2 is 2.06 bits per heavy atom. The Hall–Kier alpha value is -2.17. The maximum Gasteiger partial charge on any atom is 0.224 e. The highest BCUT2D eigenvalue weighted by atomic mass is 19.1. The zero-order chi connectivity index (χ0) is 12.3. The molecule has 0 amide bonds. The summed E-state index contributed by atoms with van der Waals surface area (Å²) < 4.78 is 13.1. The van der Waals surface area contributed by atoms with Crippen LogP contribution in [-0.4, -0.2) is 17.0 Å². The number of hydrogen-bond donors (Lipinski definition) is 2. The van der Waals surface area contributed by atoms with Gasteiger partial charge in [0, 0.05) is 18.9 Å². The maximum atomic E-state index is 13.1. The molecule has 5 heteroatoms. The smallest absolute Gasteiger partial charge is 0.224 e. The van der Waals surface area contributed by atoms with Gasteiger partial charge in [-0.05, 0) is 36.8 Å². The standard InChI is InChI=1S/C12H13FN4/c1-8-7-9(3-4-10(8)13)16-11-5-6-15-12(14-2)17-11/h3-7H,1-2H3,(H2,14,15,16,17). The first-order valence-corrected chi connectivity index (χ1v) is 5.23. The first kappa shape index (κ1) is 11.3. The summed E-state index contributed by atoms with van der Waals surface area (Å²) in [5, 5.41) is 5.94. The number of anilines is 3. The van der Waals surface area contributed by atoms with Gasteiger partial charge in [-0.3, -0.25) is 0 Å². The lowest BCUT2D eigenvalue weighted by Crippen LogP contribution is -2.00. The minimum Gasteiger partial charge on any atom is -0.357 e. The molecule has 0 saturated carbocycles. The third-order valence-electron chi connectivity index (χ3n) is 2.31. The predicted octanol–water partition coefficient (Wildman–Crippen LogP) is 2.71. The van der Waals surface area contributed by atoms with Crippen LogP contribution in [0.3, 0.4) is 0 Å². The average Bonchev–Trinajstić information content (AvgIpc) is 2.34. The zero-order valence-electron chi connectivity index (χ0n) is 9.66. The fraction of sp³-hybridized carbons (Fsp3) is 0.167. The van der Waals surface area contributed by atoms with Crippen LogP contribution in [0.15, 0.2) is 30.5 Å². The number of hydrogen-bond acceptors (Lipinski definition) is 4. The Morgan fingerprint density at radius 3 is 2.76 bits per heavy atom. The van der Waals surface area contributed by atoms with Crippen LogP contribution in [0.4, 0.5) is 21.8 Å². The summed E-state index contributed by atoms with van der Waals surface area (Å²) in [6, 6.07) is 6.58. The number of aryl methyl sites for hydroxylation is 1. The molecule has 0 bridgehead atoms. The number of nitrogens with one attached hydrogen (secondary N) is 2. The highest BCUT2D eigenvalue weighted by Gasteiger charge is 2.01. The van der Waals surface area contributed by atoms with E-state index in [0.717, 1.165) is 5.69 Å². The summed E-state index contributed by atoms with van der Waals surface area (Å²) >= 11 is 0. The highest BCUT2D eigenvalue weighted by molar-refractivity contribution is 5.57. The minimum atomic E-state index is -0.214. The number of halogens is 1. The lowest BCUT2D eigenvalue weighted by Gasteiger charge is -2.07. The second kappa shape index (κ2) is 4.78. The molecular weight excluding hydrogens is 219 g/mol. The Kier molecular flexibility index (Phi) is 3.18. The van der Waals surface area contributed by atoms with E-state index in [4.69, 9.17) is 0 Å². The van der Waals surface area contributed by atoms with Crippen LogP contribution in [0.2, 0.25) is 0 Å². The van der Waals surface area contributed by atoms with Crippen LogP contribution >= 0.6 is 0 Å². The monoisotopic (exact) mass is 232 g/mol. The minimum absolute atomic E-state index is 0.214. The van der Waals surface area contributed by atoms with Crippen molar-refractivity contribution in [1.29, 1.82) is 0 Å². The van der Waals surface area contributed by atoms with Crippen LogP contribution in [0.5, 0.6) is 0 Å². The van der Waals surface area contributed by atoms with Gasteiger partial charge in [0.1, 0.15) is 11.6 Å². The van der Waals surface area contributed by atoms with Gasteiger partial charge >= 0.3 is 0 Å². The molecule has 0 unspecified atom stereocenters. The van der Waals surface area contributed by atoms with Crippen LogP contribution < -0.4 is 10.6 Å². The van der Waals surface area contributed by atoms with Gasteiger partial charge in [0.05, 0.1) is 0 Å². The molecule has 0 radical (unpaired) electrons. The highest BCUT2D eigenvalue weighted by Crippen LogP contribution is 2.18. The van der Waals surface area contributed by atoms with Gasteiger partial charge in [-0.1, -0.05) is 0 Å². The largest absolute Gasteiger partial charge is 0.357 e. The molecule has 0 aliphatic rings. The molecular formula is C12H13FN4. The molecule has 17 heavy (non-hydrogen) atoms. The van der Waals surface area contributed by atoms with Crippen LogP contribution in [-0.2, 0) is 0 Å². The van der Waals surface area contributed by atoms with E-state index in [0.29, 0.717) is 17.3 Å². The Morgan fingerprint density at radius 1 is 1.24 bits per heavy atom.